The zero-order chi connectivity index (χ0) is 13.4. The van der Waals surface area contributed by atoms with E-state index < -0.39 is 8.32 Å². The Morgan fingerprint density at radius 2 is 1.59 bits per heavy atom. The van der Waals surface area contributed by atoms with Crippen molar-refractivity contribution in [1.29, 1.82) is 0 Å². The van der Waals surface area contributed by atoms with Crippen LogP contribution in [0.5, 0.6) is 5.75 Å². The summed E-state index contributed by atoms with van der Waals surface area (Å²) in [6.07, 6.45) is 0. The van der Waals surface area contributed by atoms with Gasteiger partial charge in [-0.1, -0.05) is 26.8 Å². The zero-order valence-electron chi connectivity index (χ0n) is 12.1. The van der Waals surface area contributed by atoms with Crippen LogP contribution >= 0.6 is 0 Å². The van der Waals surface area contributed by atoms with E-state index in [9.17, 15) is 0 Å². The molecule has 0 heterocycles. The average Bonchev–Trinajstić information content (AvgIpc) is 2.12. The second kappa shape index (κ2) is 4.37. The van der Waals surface area contributed by atoms with Gasteiger partial charge in [0.25, 0.3) is 0 Å². The average molecular weight is 251 g/mol. The van der Waals surface area contributed by atoms with Crippen LogP contribution in [0.1, 0.15) is 31.9 Å². The molecule has 0 atom stereocenters. The molecule has 2 N–H and O–H groups in total. The Kier molecular flexibility index (Phi) is 3.62. The highest BCUT2D eigenvalue weighted by atomic mass is 28.4. The van der Waals surface area contributed by atoms with Gasteiger partial charge in [-0.3, -0.25) is 0 Å². The Morgan fingerprint density at radius 1 is 1.06 bits per heavy atom. The SMILES string of the molecule is Cc1cc(C)c(O[Si](C)(C)C(C)(C)C)cc1N. The lowest BCUT2D eigenvalue weighted by Crippen LogP contribution is -2.44. The second-order valence-corrected chi connectivity index (χ2v) is 11.1. The van der Waals surface area contributed by atoms with Gasteiger partial charge in [-0.05, 0) is 43.1 Å². The van der Waals surface area contributed by atoms with Crippen LogP contribution in [0.3, 0.4) is 0 Å². The summed E-state index contributed by atoms with van der Waals surface area (Å²) in [7, 11) is -1.77. The summed E-state index contributed by atoms with van der Waals surface area (Å²) in [6, 6.07) is 4.06. The van der Waals surface area contributed by atoms with Gasteiger partial charge in [0.15, 0.2) is 0 Å². The van der Waals surface area contributed by atoms with Crippen molar-refractivity contribution in [2.45, 2.75) is 52.8 Å². The largest absolute Gasteiger partial charge is 0.543 e. The molecule has 0 saturated heterocycles. The Bertz CT molecular complexity index is 419. The summed E-state index contributed by atoms with van der Waals surface area (Å²) in [6.45, 7) is 15.3. The van der Waals surface area contributed by atoms with Crippen LogP contribution in [-0.2, 0) is 0 Å². The minimum absolute atomic E-state index is 0.207. The van der Waals surface area contributed by atoms with Gasteiger partial charge in [0, 0.05) is 11.8 Å². The fraction of sp³-hybridized carbons (Fsp3) is 0.571. The summed E-state index contributed by atoms with van der Waals surface area (Å²) in [5, 5.41) is 0.207. The van der Waals surface area contributed by atoms with Gasteiger partial charge in [-0.2, -0.15) is 0 Å². The monoisotopic (exact) mass is 251 g/mol. The van der Waals surface area contributed by atoms with Gasteiger partial charge in [-0.25, -0.2) is 0 Å². The van der Waals surface area contributed by atoms with Gasteiger partial charge >= 0.3 is 0 Å². The van der Waals surface area contributed by atoms with Crippen LogP contribution in [0.4, 0.5) is 5.69 Å². The molecule has 1 rings (SSSR count). The standard InChI is InChI=1S/C14H25NOSi/c1-10-8-11(2)13(9-12(10)15)16-17(6,7)14(3,4)5/h8-9H,15H2,1-7H3. The van der Waals surface area contributed by atoms with Crippen LogP contribution in [-0.4, -0.2) is 8.32 Å². The molecule has 3 heteroatoms. The van der Waals surface area contributed by atoms with Crippen LogP contribution in [0.25, 0.3) is 0 Å². The minimum Gasteiger partial charge on any atom is -0.543 e. The van der Waals surface area contributed by atoms with E-state index in [1.54, 1.807) is 0 Å². The first-order valence-corrected chi connectivity index (χ1v) is 9.01. The van der Waals surface area contributed by atoms with Crippen molar-refractivity contribution in [1.82, 2.24) is 0 Å². The maximum Gasteiger partial charge on any atom is 0.250 e. The smallest absolute Gasteiger partial charge is 0.250 e. The van der Waals surface area contributed by atoms with E-state index >= 15 is 0 Å². The molecule has 0 spiro atoms. The Labute approximate surface area is 106 Å². The molecule has 1 aromatic carbocycles. The number of anilines is 1. The first kappa shape index (κ1) is 14.1. The number of hydrogen-bond donors (Lipinski definition) is 1. The van der Waals surface area contributed by atoms with E-state index in [2.05, 4.69) is 46.9 Å². The number of nitrogen functional groups attached to an aromatic ring is 1. The van der Waals surface area contributed by atoms with E-state index in [1.807, 2.05) is 13.0 Å². The predicted octanol–water partition coefficient (Wildman–Crippen LogP) is 4.27. The summed E-state index contributed by atoms with van der Waals surface area (Å²) >= 11 is 0. The molecule has 0 aromatic heterocycles. The normalized spacial score (nSPS) is 12.6. The fourth-order valence-corrected chi connectivity index (χ4v) is 2.46. The molecule has 17 heavy (non-hydrogen) atoms. The van der Waals surface area contributed by atoms with Crippen molar-refractivity contribution in [2.24, 2.45) is 0 Å². The summed E-state index contributed by atoms with van der Waals surface area (Å²) in [5.74, 6) is 0.944. The Morgan fingerprint density at radius 3 is 2.06 bits per heavy atom. The molecule has 0 unspecified atom stereocenters. The van der Waals surface area contributed by atoms with Gasteiger partial charge in [0.2, 0.25) is 8.32 Å². The van der Waals surface area contributed by atoms with Gasteiger partial charge in [0.05, 0.1) is 0 Å². The maximum atomic E-state index is 6.29. The first-order valence-electron chi connectivity index (χ1n) is 6.10. The van der Waals surface area contributed by atoms with E-state index in [0.29, 0.717) is 0 Å². The van der Waals surface area contributed by atoms with Crippen molar-refractivity contribution in [2.75, 3.05) is 5.73 Å². The van der Waals surface area contributed by atoms with E-state index in [0.717, 1.165) is 17.0 Å². The maximum absolute atomic E-state index is 6.29. The van der Waals surface area contributed by atoms with Crippen LogP contribution in [0.2, 0.25) is 18.1 Å². The van der Waals surface area contributed by atoms with Crippen LogP contribution in [0.15, 0.2) is 12.1 Å². The molecule has 2 nitrogen and oxygen atoms in total. The molecule has 0 aliphatic rings. The number of nitrogens with two attached hydrogens (primary N) is 1. The summed E-state index contributed by atoms with van der Waals surface area (Å²) in [5.41, 5.74) is 9.05. The van der Waals surface area contributed by atoms with Crippen molar-refractivity contribution in [3.8, 4) is 5.75 Å². The number of rotatable bonds is 2. The lowest BCUT2D eigenvalue weighted by atomic mass is 10.1. The molecule has 0 radical (unpaired) electrons. The summed E-state index contributed by atoms with van der Waals surface area (Å²) in [4.78, 5) is 0. The molecule has 0 aliphatic carbocycles. The number of hydrogen-bond acceptors (Lipinski definition) is 2. The molecule has 1 aromatic rings. The second-order valence-electron chi connectivity index (χ2n) is 6.34. The molecule has 0 aliphatic heterocycles. The minimum atomic E-state index is -1.77. The molecule has 0 saturated carbocycles. The van der Waals surface area contributed by atoms with Crippen molar-refractivity contribution >= 4 is 14.0 Å². The quantitative estimate of drug-likeness (QED) is 0.629. The van der Waals surface area contributed by atoms with Gasteiger partial charge in [0.1, 0.15) is 5.75 Å². The Balaban J connectivity index is 3.08. The molecule has 96 valence electrons. The zero-order valence-corrected chi connectivity index (χ0v) is 13.1. The highest BCUT2D eigenvalue weighted by molar-refractivity contribution is 6.74. The summed E-state index contributed by atoms with van der Waals surface area (Å²) < 4.78 is 6.29. The number of benzene rings is 1. The molecule has 0 bridgehead atoms. The first-order chi connectivity index (χ1) is 7.54. The molecule has 0 amide bonds. The third kappa shape index (κ3) is 3.03. The van der Waals surface area contributed by atoms with Crippen LogP contribution in [0, 0.1) is 13.8 Å². The number of aryl methyl sites for hydroxylation is 2. The van der Waals surface area contributed by atoms with Crippen molar-refractivity contribution in [3.63, 3.8) is 0 Å². The Hall–Kier alpha value is -0.963. The van der Waals surface area contributed by atoms with Gasteiger partial charge < -0.3 is 10.2 Å². The third-order valence-corrected chi connectivity index (χ3v) is 8.08. The highest BCUT2D eigenvalue weighted by Gasteiger charge is 2.39. The lowest BCUT2D eigenvalue weighted by molar-refractivity contribution is 0.489. The predicted molar refractivity (Wildman–Crippen MR) is 78.2 cm³/mol. The fourth-order valence-electron chi connectivity index (χ4n) is 1.39. The van der Waals surface area contributed by atoms with E-state index in [1.165, 1.54) is 5.56 Å². The molecular weight excluding hydrogens is 226 g/mol. The lowest BCUT2D eigenvalue weighted by Gasteiger charge is -2.37. The van der Waals surface area contributed by atoms with Crippen molar-refractivity contribution < 1.29 is 4.43 Å². The third-order valence-electron chi connectivity index (χ3n) is 3.73. The van der Waals surface area contributed by atoms with Crippen LogP contribution < -0.4 is 10.2 Å². The van der Waals surface area contributed by atoms with Crippen molar-refractivity contribution in [3.05, 3.63) is 23.3 Å². The van der Waals surface area contributed by atoms with Gasteiger partial charge in [-0.15, -0.1) is 0 Å². The van der Waals surface area contributed by atoms with E-state index in [-0.39, 0.29) is 5.04 Å². The highest BCUT2D eigenvalue weighted by Crippen LogP contribution is 2.38. The van der Waals surface area contributed by atoms with E-state index in [4.69, 9.17) is 10.2 Å². The molecular formula is C14H25NOSi. The topological polar surface area (TPSA) is 35.2 Å². The molecule has 0 fully saturated rings.